The van der Waals surface area contributed by atoms with Crippen LogP contribution in [0.2, 0.25) is 0 Å². The lowest BCUT2D eigenvalue weighted by Crippen LogP contribution is -2.28. The zero-order chi connectivity index (χ0) is 17.0. The predicted octanol–water partition coefficient (Wildman–Crippen LogP) is 3.52. The number of hydrogen-bond donors (Lipinski definition) is 1. The quantitative estimate of drug-likeness (QED) is 0.886. The first-order valence-electron chi connectivity index (χ1n) is 8.12. The molecule has 23 heavy (non-hydrogen) atoms. The molecule has 124 valence electrons. The highest BCUT2D eigenvalue weighted by Gasteiger charge is 2.22. The van der Waals surface area contributed by atoms with Crippen LogP contribution < -0.4 is 5.32 Å². The highest BCUT2D eigenvalue weighted by molar-refractivity contribution is 5.96. The van der Waals surface area contributed by atoms with Crippen LogP contribution in [0.25, 0.3) is 5.69 Å². The van der Waals surface area contributed by atoms with Gasteiger partial charge in [-0.15, -0.1) is 0 Å². The van der Waals surface area contributed by atoms with Gasteiger partial charge < -0.3 is 5.32 Å². The summed E-state index contributed by atoms with van der Waals surface area (Å²) in [5, 5.41) is 7.51. The minimum atomic E-state index is -0.316. The monoisotopic (exact) mass is 317 g/mol. The van der Waals surface area contributed by atoms with Gasteiger partial charge in [0.15, 0.2) is 0 Å². The number of aromatic nitrogens is 2. The highest BCUT2D eigenvalue weighted by Crippen LogP contribution is 2.21. The summed E-state index contributed by atoms with van der Waals surface area (Å²) in [6, 6.07) is 6.28. The number of halogens is 1. The number of nitrogens with one attached hydrogen (secondary N) is 1. The Hall–Kier alpha value is -2.17. The number of carbonyl (C=O) groups excluding carboxylic acids is 1. The van der Waals surface area contributed by atoms with Crippen LogP contribution in [0, 0.1) is 11.7 Å². The summed E-state index contributed by atoms with van der Waals surface area (Å²) in [5.41, 5.74) is 2.82. The Bertz CT molecular complexity index is 692. The standard InChI is InChI=1S/C18H24FN3O/c1-5-15-17(18(23)20-11-12(3)4)16(6-2)22(21-15)14-9-7-8-13(19)10-14/h7-10,12H,5-6,11H2,1-4H3,(H,20,23). The molecule has 0 unspecified atom stereocenters. The van der Waals surface area contributed by atoms with Crippen LogP contribution in [-0.2, 0) is 12.8 Å². The molecule has 0 aliphatic rings. The van der Waals surface area contributed by atoms with Gasteiger partial charge in [-0.3, -0.25) is 4.79 Å². The van der Waals surface area contributed by atoms with Crippen molar-refractivity contribution in [3.8, 4) is 5.69 Å². The second kappa shape index (κ2) is 7.40. The van der Waals surface area contributed by atoms with E-state index in [1.54, 1.807) is 16.8 Å². The lowest BCUT2D eigenvalue weighted by Gasteiger charge is -2.10. The molecule has 0 saturated heterocycles. The van der Waals surface area contributed by atoms with Crippen LogP contribution >= 0.6 is 0 Å². The molecule has 1 aromatic heterocycles. The van der Waals surface area contributed by atoms with Crippen molar-refractivity contribution in [1.82, 2.24) is 15.1 Å². The molecule has 0 saturated carbocycles. The van der Waals surface area contributed by atoms with Crippen molar-refractivity contribution in [3.05, 3.63) is 47.0 Å². The highest BCUT2D eigenvalue weighted by atomic mass is 19.1. The SMILES string of the molecule is CCc1nn(-c2cccc(F)c2)c(CC)c1C(=O)NCC(C)C. The van der Waals surface area contributed by atoms with Crippen molar-refractivity contribution in [2.75, 3.05) is 6.54 Å². The lowest BCUT2D eigenvalue weighted by molar-refractivity contribution is 0.0947. The van der Waals surface area contributed by atoms with Crippen LogP contribution in [0.5, 0.6) is 0 Å². The maximum Gasteiger partial charge on any atom is 0.255 e. The third kappa shape index (κ3) is 3.78. The molecule has 4 nitrogen and oxygen atoms in total. The van der Waals surface area contributed by atoms with Gasteiger partial charge in [0.05, 0.1) is 22.6 Å². The second-order valence-electron chi connectivity index (χ2n) is 5.97. The Morgan fingerprint density at radius 1 is 1.30 bits per heavy atom. The summed E-state index contributed by atoms with van der Waals surface area (Å²) in [4.78, 5) is 12.6. The largest absolute Gasteiger partial charge is 0.352 e. The van der Waals surface area contributed by atoms with Crippen LogP contribution in [-0.4, -0.2) is 22.2 Å². The van der Waals surface area contributed by atoms with Gasteiger partial charge in [-0.25, -0.2) is 9.07 Å². The summed E-state index contributed by atoms with van der Waals surface area (Å²) in [6.45, 7) is 8.68. The molecule has 2 rings (SSSR count). The van der Waals surface area contributed by atoms with Crippen LogP contribution in [0.15, 0.2) is 24.3 Å². The average Bonchev–Trinajstić information content (AvgIpc) is 2.91. The van der Waals surface area contributed by atoms with Gasteiger partial charge in [0.25, 0.3) is 5.91 Å². The Labute approximate surface area is 136 Å². The molecule has 0 atom stereocenters. The van der Waals surface area contributed by atoms with Gasteiger partial charge in [0.2, 0.25) is 0 Å². The van der Waals surface area contributed by atoms with Crippen molar-refractivity contribution >= 4 is 5.91 Å². The molecule has 0 radical (unpaired) electrons. The van der Waals surface area contributed by atoms with Crippen LogP contribution in [0.4, 0.5) is 4.39 Å². The molecule has 1 amide bonds. The molecular weight excluding hydrogens is 293 g/mol. The van der Waals surface area contributed by atoms with Gasteiger partial charge in [-0.2, -0.15) is 5.10 Å². The predicted molar refractivity (Wildman–Crippen MR) is 89.4 cm³/mol. The maximum atomic E-state index is 13.5. The summed E-state index contributed by atoms with van der Waals surface area (Å²) in [6.07, 6.45) is 1.30. The van der Waals surface area contributed by atoms with E-state index in [0.717, 1.165) is 11.4 Å². The van der Waals surface area contributed by atoms with Gasteiger partial charge in [0, 0.05) is 6.54 Å². The molecule has 1 aromatic carbocycles. The molecule has 0 aliphatic heterocycles. The molecule has 1 N–H and O–H groups in total. The number of hydrogen-bond acceptors (Lipinski definition) is 2. The Balaban J connectivity index is 2.48. The van der Waals surface area contributed by atoms with E-state index in [1.807, 2.05) is 13.8 Å². The second-order valence-corrected chi connectivity index (χ2v) is 5.97. The number of rotatable bonds is 6. The number of amides is 1. The maximum absolute atomic E-state index is 13.5. The fourth-order valence-corrected chi connectivity index (χ4v) is 2.55. The Morgan fingerprint density at radius 3 is 2.61 bits per heavy atom. The third-order valence-electron chi connectivity index (χ3n) is 3.67. The molecule has 0 spiro atoms. The fourth-order valence-electron chi connectivity index (χ4n) is 2.55. The minimum absolute atomic E-state index is 0.102. The summed E-state index contributed by atoms with van der Waals surface area (Å²) >= 11 is 0. The Morgan fingerprint density at radius 2 is 2.04 bits per heavy atom. The molecule has 5 heteroatoms. The first-order valence-corrected chi connectivity index (χ1v) is 8.12. The van der Waals surface area contributed by atoms with E-state index in [-0.39, 0.29) is 11.7 Å². The summed E-state index contributed by atoms with van der Waals surface area (Å²) in [5.74, 6) is -0.0358. The van der Waals surface area contributed by atoms with Gasteiger partial charge in [-0.1, -0.05) is 33.8 Å². The molecule has 0 fully saturated rings. The number of aryl methyl sites for hydroxylation is 1. The molecular formula is C18H24FN3O. The van der Waals surface area contributed by atoms with Crippen molar-refractivity contribution in [2.45, 2.75) is 40.5 Å². The first kappa shape index (κ1) is 17.2. The van der Waals surface area contributed by atoms with E-state index in [4.69, 9.17) is 0 Å². The number of carbonyl (C=O) groups is 1. The fraction of sp³-hybridized carbons (Fsp3) is 0.444. The van der Waals surface area contributed by atoms with E-state index in [0.29, 0.717) is 36.6 Å². The van der Waals surface area contributed by atoms with Gasteiger partial charge >= 0.3 is 0 Å². The normalized spacial score (nSPS) is 11.0. The van der Waals surface area contributed by atoms with E-state index in [1.165, 1.54) is 12.1 Å². The van der Waals surface area contributed by atoms with E-state index >= 15 is 0 Å². The van der Waals surface area contributed by atoms with Gasteiger partial charge in [-0.05, 0) is 37.0 Å². The van der Waals surface area contributed by atoms with Gasteiger partial charge in [0.1, 0.15) is 5.82 Å². The first-order chi connectivity index (χ1) is 11.0. The van der Waals surface area contributed by atoms with E-state index < -0.39 is 0 Å². The summed E-state index contributed by atoms with van der Waals surface area (Å²) in [7, 11) is 0. The average molecular weight is 317 g/mol. The number of benzene rings is 1. The third-order valence-corrected chi connectivity index (χ3v) is 3.67. The molecule has 1 heterocycles. The zero-order valence-electron chi connectivity index (χ0n) is 14.2. The number of nitrogens with zero attached hydrogens (tertiary/aromatic N) is 2. The topological polar surface area (TPSA) is 46.9 Å². The smallest absolute Gasteiger partial charge is 0.255 e. The van der Waals surface area contributed by atoms with Crippen molar-refractivity contribution < 1.29 is 9.18 Å². The molecule has 0 bridgehead atoms. The lowest BCUT2D eigenvalue weighted by atomic mass is 10.1. The summed E-state index contributed by atoms with van der Waals surface area (Å²) < 4.78 is 15.2. The Kier molecular flexibility index (Phi) is 5.53. The molecule has 2 aromatic rings. The van der Waals surface area contributed by atoms with Crippen LogP contribution in [0.1, 0.15) is 49.4 Å². The van der Waals surface area contributed by atoms with Crippen molar-refractivity contribution in [3.63, 3.8) is 0 Å². The minimum Gasteiger partial charge on any atom is -0.352 e. The van der Waals surface area contributed by atoms with E-state index in [9.17, 15) is 9.18 Å². The van der Waals surface area contributed by atoms with Crippen molar-refractivity contribution in [1.29, 1.82) is 0 Å². The van der Waals surface area contributed by atoms with Crippen molar-refractivity contribution in [2.24, 2.45) is 5.92 Å². The van der Waals surface area contributed by atoms with E-state index in [2.05, 4.69) is 24.3 Å². The zero-order valence-corrected chi connectivity index (χ0v) is 14.2. The molecule has 0 aliphatic carbocycles. The van der Waals surface area contributed by atoms with Crippen LogP contribution in [0.3, 0.4) is 0 Å².